The highest BCUT2D eigenvalue weighted by Gasteiger charge is 2.45. The molecule has 2 N–H and O–H groups in total. The molecule has 3 rings (SSSR count). The Morgan fingerprint density at radius 2 is 2.29 bits per heavy atom. The predicted molar refractivity (Wildman–Crippen MR) is 68.1 cm³/mol. The Bertz CT molecular complexity index is 462. The second kappa shape index (κ2) is 4.03. The first-order chi connectivity index (χ1) is 8.21. The molecular formula is C13H15NO2S. The maximum Gasteiger partial charge on any atom is 0.321 e. The number of nitrogens with one attached hydrogen (secondary N) is 1. The Morgan fingerprint density at radius 3 is 3.06 bits per heavy atom. The van der Waals surface area contributed by atoms with Gasteiger partial charge in [0.25, 0.3) is 0 Å². The molecule has 1 spiro atoms. The van der Waals surface area contributed by atoms with Crippen LogP contribution in [0.5, 0.6) is 0 Å². The molecule has 1 saturated heterocycles. The van der Waals surface area contributed by atoms with E-state index in [1.165, 1.54) is 11.1 Å². The van der Waals surface area contributed by atoms with Crippen LogP contribution >= 0.6 is 11.8 Å². The minimum absolute atomic E-state index is 0.155. The van der Waals surface area contributed by atoms with Crippen molar-refractivity contribution in [2.75, 3.05) is 5.75 Å². The first kappa shape index (κ1) is 11.1. The number of aliphatic carboxylic acids is 1. The Balaban J connectivity index is 1.98. The van der Waals surface area contributed by atoms with Gasteiger partial charge >= 0.3 is 5.97 Å². The summed E-state index contributed by atoms with van der Waals surface area (Å²) in [5.74, 6) is -0.0821. The van der Waals surface area contributed by atoms with E-state index in [9.17, 15) is 4.79 Å². The zero-order valence-corrected chi connectivity index (χ0v) is 10.3. The van der Waals surface area contributed by atoms with Crippen LogP contribution in [-0.2, 0) is 16.1 Å². The number of carboxylic acids is 1. The van der Waals surface area contributed by atoms with E-state index >= 15 is 0 Å². The standard InChI is InChI=1S/C13H15NO2S/c15-12(16)11-8-17-13(14-11)7-3-5-9-4-1-2-6-10(9)13/h1-2,4,6,11,14H,3,5,7-8H2,(H,15,16)/t11-,13?/m1/s1. The normalized spacial score (nSPS) is 31.4. The van der Waals surface area contributed by atoms with E-state index in [-0.39, 0.29) is 4.87 Å². The van der Waals surface area contributed by atoms with Crippen molar-refractivity contribution in [3.05, 3.63) is 35.4 Å². The molecule has 1 aliphatic heterocycles. The van der Waals surface area contributed by atoms with Crippen LogP contribution in [0.2, 0.25) is 0 Å². The number of hydrogen-bond donors (Lipinski definition) is 2. The van der Waals surface area contributed by atoms with Crippen molar-refractivity contribution in [3.63, 3.8) is 0 Å². The number of hydrogen-bond acceptors (Lipinski definition) is 3. The van der Waals surface area contributed by atoms with Crippen LogP contribution in [0.3, 0.4) is 0 Å². The van der Waals surface area contributed by atoms with E-state index in [1.54, 1.807) is 11.8 Å². The summed E-state index contributed by atoms with van der Waals surface area (Å²) in [4.78, 5) is 10.9. The molecule has 4 heteroatoms. The summed E-state index contributed by atoms with van der Waals surface area (Å²) >= 11 is 1.75. The van der Waals surface area contributed by atoms with Crippen molar-refractivity contribution in [1.29, 1.82) is 0 Å². The van der Waals surface area contributed by atoms with Crippen LogP contribution in [0.25, 0.3) is 0 Å². The molecule has 90 valence electrons. The molecule has 0 radical (unpaired) electrons. The van der Waals surface area contributed by atoms with E-state index in [1.807, 2.05) is 6.07 Å². The SMILES string of the molecule is O=C(O)[C@H]1CSC2(CCCc3ccccc32)N1. The van der Waals surface area contributed by atoms with Crippen LogP contribution in [0.4, 0.5) is 0 Å². The molecule has 1 aromatic rings. The van der Waals surface area contributed by atoms with Gasteiger partial charge in [0, 0.05) is 5.75 Å². The summed E-state index contributed by atoms with van der Waals surface area (Å²) in [5, 5.41) is 12.4. The van der Waals surface area contributed by atoms with Gasteiger partial charge in [-0.1, -0.05) is 24.3 Å². The number of fused-ring (bicyclic) bond motifs is 2. The molecule has 0 aromatic heterocycles. The lowest BCUT2D eigenvalue weighted by atomic mass is 9.87. The molecule has 17 heavy (non-hydrogen) atoms. The Morgan fingerprint density at radius 1 is 1.47 bits per heavy atom. The number of rotatable bonds is 1. The largest absolute Gasteiger partial charge is 0.480 e. The fraction of sp³-hybridized carbons (Fsp3) is 0.462. The maximum absolute atomic E-state index is 11.1. The van der Waals surface area contributed by atoms with E-state index in [4.69, 9.17) is 5.11 Å². The third kappa shape index (κ3) is 1.76. The minimum Gasteiger partial charge on any atom is -0.480 e. The van der Waals surface area contributed by atoms with E-state index in [0.717, 1.165) is 19.3 Å². The molecule has 0 saturated carbocycles. The van der Waals surface area contributed by atoms with Crippen molar-refractivity contribution in [2.24, 2.45) is 0 Å². The van der Waals surface area contributed by atoms with E-state index in [2.05, 4.69) is 23.5 Å². The number of carboxylic acid groups (broad SMARTS) is 1. The van der Waals surface area contributed by atoms with Gasteiger partial charge in [-0.05, 0) is 30.4 Å². The summed E-state index contributed by atoms with van der Waals surface area (Å²) in [7, 11) is 0. The van der Waals surface area contributed by atoms with Crippen LogP contribution in [0.15, 0.2) is 24.3 Å². The molecule has 1 unspecified atom stereocenters. The fourth-order valence-electron chi connectivity index (χ4n) is 2.82. The van der Waals surface area contributed by atoms with Gasteiger partial charge in [0.1, 0.15) is 6.04 Å². The van der Waals surface area contributed by atoms with Crippen LogP contribution in [0, 0.1) is 0 Å². The van der Waals surface area contributed by atoms with Gasteiger partial charge in [-0.2, -0.15) is 0 Å². The lowest BCUT2D eigenvalue weighted by molar-refractivity contribution is -0.138. The molecule has 0 amide bonds. The molecule has 2 aliphatic rings. The summed E-state index contributed by atoms with van der Waals surface area (Å²) in [6.45, 7) is 0. The van der Waals surface area contributed by atoms with Crippen molar-refractivity contribution >= 4 is 17.7 Å². The molecule has 1 fully saturated rings. The third-order valence-corrected chi connectivity index (χ3v) is 5.16. The van der Waals surface area contributed by atoms with Crippen molar-refractivity contribution in [1.82, 2.24) is 5.32 Å². The van der Waals surface area contributed by atoms with Crippen molar-refractivity contribution in [2.45, 2.75) is 30.2 Å². The zero-order valence-electron chi connectivity index (χ0n) is 9.48. The molecule has 0 bridgehead atoms. The van der Waals surface area contributed by atoms with Gasteiger partial charge in [0.2, 0.25) is 0 Å². The molecule has 1 aromatic carbocycles. The molecular weight excluding hydrogens is 234 g/mol. The first-order valence-corrected chi connectivity index (χ1v) is 6.93. The number of benzene rings is 1. The first-order valence-electron chi connectivity index (χ1n) is 5.94. The van der Waals surface area contributed by atoms with E-state index < -0.39 is 12.0 Å². The average molecular weight is 249 g/mol. The highest BCUT2D eigenvalue weighted by molar-refractivity contribution is 8.00. The highest BCUT2D eigenvalue weighted by Crippen LogP contribution is 2.47. The summed E-state index contributed by atoms with van der Waals surface area (Å²) in [6, 6.07) is 7.99. The van der Waals surface area contributed by atoms with Gasteiger partial charge in [0.15, 0.2) is 0 Å². The van der Waals surface area contributed by atoms with Crippen LogP contribution in [-0.4, -0.2) is 22.9 Å². The lowest BCUT2D eigenvalue weighted by Crippen LogP contribution is -2.44. The average Bonchev–Trinajstić information content (AvgIpc) is 2.75. The van der Waals surface area contributed by atoms with Crippen molar-refractivity contribution in [3.8, 4) is 0 Å². The van der Waals surface area contributed by atoms with Crippen LogP contribution < -0.4 is 5.32 Å². The van der Waals surface area contributed by atoms with Crippen LogP contribution in [0.1, 0.15) is 24.0 Å². The Kier molecular flexibility index (Phi) is 2.64. The minimum atomic E-state index is -0.738. The van der Waals surface area contributed by atoms with Gasteiger partial charge in [0.05, 0.1) is 4.87 Å². The molecule has 2 atom stereocenters. The van der Waals surface area contributed by atoms with Gasteiger partial charge < -0.3 is 5.11 Å². The van der Waals surface area contributed by atoms with E-state index in [0.29, 0.717) is 5.75 Å². The van der Waals surface area contributed by atoms with Gasteiger partial charge in [-0.15, -0.1) is 11.8 Å². The quantitative estimate of drug-likeness (QED) is 0.799. The Labute approximate surface area is 105 Å². The summed E-state index contributed by atoms with van der Waals surface area (Å²) in [6.07, 6.45) is 3.26. The second-order valence-corrected chi connectivity index (χ2v) is 6.00. The van der Waals surface area contributed by atoms with Crippen molar-refractivity contribution < 1.29 is 9.90 Å². The third-order valence-electron chi connectivity index (χ3n) is 3.63. The summed E-state index contributed by atoms with van der Waals surface area (Å²) in [5.41, 5.74) is 2.66. The van der Waals surface area contributed by atoms with Gasteiger partial charge in [-0.3, -0.25) is 10.1 Å². The monoisotopic (exact) mass is 249 g/mol. The zero-order chi connectivity index (χ0) is 11.9. The lowest BCUT2D eigenvalue weighted by Gasteiger charge is -2.35. The maximum atomic E-state index is 11.1. The second-order valence-electron chi connectivity index (χ2n) is 4.68. The predicted octanol–water partition coefficient (Wildman–Crippen LogP) is 1.97. The fourth-order valence-corrected chi connectivity index (χ4v) is 4.36. The summed E-state index contributed by atoms with van der Waals surface area (Å²) < 4.78 is 0. The number of carbonyl (C=O) groups is 1. The Hall–Kier alpha value is -1.00. The van der Waals surface area contributed by atoms with Gasteiger partial charge in [-0.25, -0.2) is 0 Å². The number of thioether (sulfide) groups is 1. The molecule has 3 nitrogen and oxygen atoms in total. The topological polar surface area (TPSA) is 49.3 Å². The molecule has 1 aliphatic carbocycles. The highest BCUT2D eigenvalue weighted by atomic mass is 32.2. The molecule has 1 heterocycles. The number of aryl methyl sites for hydroxylation is 1. The smallest absolute Gasteiger partial charge is 0.321 e.